The SMILES string of the molecule is OC1CCCCC1c1nc(CSc2ccccc2Br)no1. The monoisotopic (exact) mass is 368 g/mol. The molecule has 112 valence electrons. The Bertz CT molecular complexity index is 605. The predicted octanol–water partition coefficient (Wildman–Crippen LogP) is 4.14. The van der Waals surface area contributed by atoms with E-state index in [2.05, 4.69) is 32.1 Å². The molecule has 1 fully saturated rings. The van der Waals surface area contributed by atoms with Crippen LogP contribution in [0, 0.1) is 0 Å². The number of hydrogen-bond acceptors (Lipinski definition) is 5. The summed E-state index contributed by atoms with van der Waals surface area (Å²) in [6.07, 6.45) is 3.61. The molecule has 1 heterocycles. The van der Waals surface area contributed by atoms with E-state index >= 15 is 0 Å². The van der Waals surface area contributed by atoms with Crippen molar-refractivity contribution in [1.29, 1.82) is 0 Å². The third-order valence-electron chi connectivity index (χ3n) is 3.72. The van der Waals surface area contributed by atoms with Gasteiger partial charge in [-0.15, -0.1) is 11.8 Å². The first-order chi connectivity index (χ1) is 10.2. The fourth-order valence-corrected chi connectivity index (χ4v) is 3.99. The second-order valence-electron chi connectivity index (χ2n) is 5.23. The van der Waals surface area contributed by atoms with Crippen LogP contribution in [0.3, 0.4) is 0 Å². The molecule has 2 unspecified atom stereocenters. The second kappa shape index (κ2) is 6.94. The summed E-state index contributed by atoms with van der Waals surface area (Å²) in [6.45, 7) is 0. The minimum Gasteiger partial charge on any atom is -0.392 e. The Kier molecular flexibility index (Phi) is 4.98. The molecule has 0 saturated heterocycles. The van der Waals surface area contributed by atoms with Gasteiger partial charge in [-0.3, -0.25) is 0 Å². The first-order valence-electron chi connectivity index (χ1n) is 7.12. The summed E-state index contributed by atoms with van der Waals surface area (Å²) in [5.41, 5.74) is 0. The van der Waals surface area contributed by atoms with Gasteiger partial charge in [0, 0.05) is 9.37 Å². The van der Waals surface area contributed by atoms with Crippen molar-refractivity contribution in [2.24, 2.45) is 0 Å². The molecule has 21 heavy (non-hydrogen) atoms. The largest absolute Gasteiger partial charge is 0.392 e. The summed E-state index contributed by atoms with van der Waals surface area (Å²) in [5, 5.41) is 14.1. The van der Waals surface area contributed by atoms with Crippen LogP contribution in [0.1, 0.15) is 43.3 Å². The lowest BCUT2D eigenvalue weighted by Gasteiger charge is -2.24. The molecule has 1 aromatic carbocycles. The van der Waals surface area contributed by atoms with Gasteiger partial charge in [-0.25, -0.2) is 0 Å². The number of nitrogens with zero attached hydrogens (tertiary/aromatic N) is 2. The van der Waals surface area contributed by atoms with Crippen molar-refractivity contribution in [3.8, 4) is 0 Å². The van der Waals surface area contributed by atoms with E-state index in [1.165, 1.54) is 0 Å². The Balaban J connectivity index is 1.64. The smallest absolute Gasteiger partial charge is 0.232 e. The quantitative estimate of drug-likeness (QED) is 0.821. The first kappa shape index (κ1) is 15.1. The molecule has 0 amide bonds. The molecule has 1 aliphatic carbocycles. The van der Waals surface area contributed by atoms with Gasteiger partial charge < -0.3 is 9.63 Å². The molecule has 0 bridgehead atoms. The molecule has 3 rings (SSSR count). The molecule has 0 aliphatic heterocycles. The van der Waals surface area contributed by atoms with Gasteiger partial charge in [0.25, 0.3) is 0 Å². The van der Waals surface area contributed by atoms with E-state index in [-0.39, 0.29) is 12.0 Å². The van der Waals surface area contributed by atoms with Gasteiger partial charge >= 0.3 is 0 Å². The maximum Gasteiger partial charge on any atom is 0.232 e. The molecule has 0 radical (unpaired) electrons. The standard InChI is InChI=1S/C15H17BrN2O2S/c16-11-6-2-4-8-13(11)21-9-14-17-15(20-18-14)10-5-1-3-7-12(10)19/h2,4,6,8,10,12,19H,1,3,5,7,9H2. The number of aliphatic hydroxyl groups is 1. The van der Waals surface area contributed by atoms with Crippen LogP contribution in [0.4, 0.5) is 0 Å². The Hall–Kier alpha value is -0.850. The first-order valence-corrected chi connectivity index (χ1v) is 8.90. The molecular formula is C15H17BrN2O2S. The van der Waals surface area contributed by atoms with E-state index in [9.17, 15) is 5.11 Å². The molecular weight excluding hydrogens is 352 g/mol. The molecule has 0 spiro atoms. The van der Waals surface area contributed by atoms with E-state index in [1.807, 2.05) is 18.2 Å². The van der Waals surface area contributed by atoms with Crippen molar-refractivity contribution in [1.82, 2.24) is 10.1 Å². The fraction of sp³-hybridized carbons (Fsp3) is 0.467. The highest BCUT2D eigenvalue weighted by Crippen LogP contribution is 2.33. The van der Waals surface area contributed by atoms with E-state index in [0.29, 0.717) is 17.5 Å². The van der Waals surface area contributed by atoms with Gasteiger partial charge in [-0.2, -0.15) is 4.98 Å². The summed E-state index contributed by atoms with van der Waals surface area (Å²) >= 11 is 5.19. The van der Waals surface area contributed by atoms with Crippen LogP contribution in [-0.4, -0.2) is 21.4 Å². The van der Waals surface area contributed by atoms with E-state index in [0.717, 1.165) is 35.1 Å². The van der Waals surface area contributed by atoms with Gasteiger partial charge in [-0.05, 0) is 40.9 Å². The highest BCUT2D eigenvalue weighted by molar-refractivity contribution is 9.10. The summed E-state index contributed by atoms with van der Waals surface area (Å²) in [5.74, 6) is 1.94. The molecule has 2 atom stereocenters. The lowest BCUT2D eigenvalue weighted by Crippen LogP contribution is -2.22. The Morgan fingerprint density at radius 1 is 1.29 bits per heavy atom. The number of hydrogen-bond donors (Lipinski definition) is 1. The van der Waals surface area contributed by atoms with Crippen molar-refractivity contribution in [2.75, 3.05) is 0 Å². The number of benzene rings is 1. The molecule has 1 aromatic heterocycles. The van der Waals surface area contributed by atoms with E-state index in [1.54, 1.807) is 11.8 Å². The van der Waals surface area contributed by atoms with Gasteiger partial charge in [-0.1, -0.05) is 30.1 Å². The number of thioether (sulfide) groups is 1. The minimum absolute atomic E-state index is 0.00783. The van der Waals surface area contributed by atoms with E-state index in [4.69, 9.17) is 4.52 Å². The summed E-state index contributed by atoms with van der Waals surface area (Å²) < 4.78 is 6.42. The van der Waals surface area contributed by atoms with Crippen LogP contribution >= 0.6 is 27.7 Å². The fourth-order valence-electron chi connectivity index (χ4n) is 2.58. The lowest BCUT2D eigenvalue weighted by molar-refractivity contribution is 0.0908. The maximum atomic E-state index is 10.0. The van der Waals surface area contributed by atoms with Crippen molar-refractivity contribution < 1.29 is 9.63 Å². The zero-order valence-electron chi connectivity index (χ0n) is 11.5. The van der Waals surface area contributed by atoms with Crippen molar-refractivity contribution in [3.05, 3.63) is 40.5 Å². The average Bonchev–Trinajstić information content (AvgIpc) is 2.96. The normalized spacial score (nSPS) is 22.4. The summed E-state index contributed by atoms with van der Waals surface area (Å²) in [6, 6.07) is 8.07. The van der Waals surface area contributed by atoms with Crippen LogP contribution in [0.15, 0.2) is 38.2 Å². The third kappa shape index (κ3) is 3.67. The topological polar surface area (TPSA) is 59.2 Å². The van der Waals surface area contributed by atoms with Crippen molar-refractivity contribution in [3.63, 3.8) is 0 Å². The van der Waals surface area contributed by atoms with Crippen molar-refractivity contribution in [2.45, 2.75) is 48.4 Å². The van der Waals surface area contributed by atoms with Gasteiger partial charge in [0.2, 0.25) is 5.89 Å². The van der Waals surface area contributed by atoms with Gasteiger partial charge in [0.15, 0.2) is 5.82 Å². The number of rotatable bonds is 4. The molecule has 6 heteroatoms. The Morgan fingerprint density at radius 2 is 2.10 bits per heavy atom. The van der Waals surface area contributed by atoms with Crippen molar-refractivity contribution >= 4 is 27.7 Å². The predicted molar refractivity (Wildman–Crippen MR) is 85.2 cm³/mol. The maximum absolute atomic E-state index is 10.0. The second-order valence-corrected chi connectivity index (χ2v) is 7.10. The van der Waals surface area contributed by atoms with Crippen LogP contribution in [0.5, 0.6) is 0 Å². The molecule has 1 saturated carbocycles. The number of aliphatic hydroxyl groups excluding tert-OH is 1. The molecule has 1 aliphatic rings. The van der Waals surface area contributed by atoms with E-state index < -0.39 is 0 Å². The van der Waals surface area contributed by atoms with Gasteiger partial charge in [0.1, 0.15) is 0 Å². The zero-order valence-corrected chi connectivity index (χ0v) is 13.9. The Morgan fingerprint density at radius 3 is 2.90 bits per heavy atom. The van der Waals surface area contributed by atoms with Crippen LogP contribution in [0.2, 0.25) is 0 Å². The minimum atomic E-state index is -0.344. The summed E-state index contributed by atoms with van der Waals surface area (Å²) in [7, 11) is 0. The molecule has 1 N–H and O–H groups in total. The third-order valence-corrected chi connectivity index (χ3v) is 5.75. The number of halogens is 1. The highest BCUT2D eigenvalue weighted by Gasteiger charge is 2.29. The highest BCUT2D eigenvalue weighted by atomic mass is 79.9. The van der Waals surface area contributed by atoms with Crippen LogP contribution < -0.4 is 0 Å². The summed E-state index contributed by atoms with van der Waals surface area (Å²) in [4.78, 5) is 5.61. The molecule has 2 aromatic rings. The van der Waals surface area contributed by atoms with Crippen LogP contribution in [0.25, 0.3) is 0 Å². The lowest BCUT2D eigenvalue weighted by atomic mass is 9.86. The van der Waals surface area contributed by atoms with Gasteiger partial charge in [0.05, 0.1) is 17.8 Å². The Labute approximate surface area is 136 Å². The molecule has 4 nitrogen and oxygen atoms in total. The average molecular weight is 369 g/mol. The van der Waals surface area contributed by atoms with Crippen LogP contribution in [-0.2, 0) is 5.75 Å². The number of aromatic nitrogens is 2. The zero-order chi connectivity index (χ0) is 14.7.